The molecule has 0 saturated carbocycles. The summed E-state index contributed by atoms with van der Waals surface area (Å²) >= 11 is 0. The van der Waals surface area contributed by atoms with Gasteiger partial charge in [0.05, 0.1) is 0 Å². The van der Waals surface area contributed by atoms with Crippen molar-refractivity contribution in [2.45, 2.75) is 57.7 Å². The quantitative estimate of drug-likeness (QED) is 0.877. The number of aryl methyl sites for hydroxylation is 1. The molecular weight excluding hydrogens is 232 g/mol. The normalized spacial score (nSPS) is 28.7. The third-order valence-corrected chi connectivity index (χ3v) is 4.73. The molecule has 2 unspecified atom stereocenters. The predicted octanol–water partition coefficient (Wildman–Crippen LogP) is 3.10. The molecule has 0 aliphatic carbocycles. The maximum Gasteiger partial charge on any atom is 0.0253 e. The second-order valence-corrected chi connectivity index (χ2v) is 6.22. The molecule has 104 valence electrons. The number of piperidine rings is 1. The van der Waals surface area contributed by atoms with Crippen molar-refractivity contribution in [2.75, 3.05) is 13.1 Å². The molecule has 2 nitrogen and oxygen atoms in total. The molecule has 2 heteroatoms. The van der Waals surface area contributed by atoms with E-state index >= 15 is 0 Å². The molecule has 3 rings (SSSR count). The van der Waals surface area contributed by atoms with Crippen molar-refractivity contribution < 1.29 is 0 Å². The van der Waals surface area contributed by atoms with Crippen LogP contribution >= 0.6 is 0 Å². The fourth-order valence-electron chi connectivity index (χ4n) is 3.64. The lowest BCUT2D eigenvalue weighted by molar-refractivity contribution is 0.132. The molecule has 0 amide bonds. The number of hydrogen-bond donors (Lipinski definition) is 1. The Morgan fingerprint density at radius 3 is 2.79 bits per heavy atom. The summed E-state index contributed by atoms with van der Waals surface area (Å²) in [4.78, 5) is 2.73. The van der Waals surface area contributed by atoms with Crippen LogP contribution in [0, 0.1) is 6.92 Å². The summed E-state index contributed by atoms with van der Waals surface area (Å²) < 4.78 is 0. The number of hydrogen-bond acceptors (Lipinski definition) is 2. The van der Waals surface area contributed by atoms with Crippen LogP contribution < -0.4 is 5.32 Å². The molecule has 0 aromatic heterocycles. The Kier molecular flexibility index (Phi) is 4.19. The monoisotopic (exact) mass is 258 g/mol. The minimum absolute atomic E-state index is 0.738. The average Bonchev–Trinajstić information content (AvgIpc) is 2.64. The zero-order chi connectivity index (χ0) is 13.1. The van der Waals surface area contributed by atoms with E-state index < -0.39 is 0 Å². The minimum Gasteiger partial charge on any atom is -0.312 e. The molecule has 1 aromatic rings. The van der Waals surface area contributed by atoms with Crippen molar-refractivity contribution >= 4 is 0 Å². The first kappa shape index (κ1) is 13.1. The summed E-state index contributed by atoms with van der Waals surface area (Å²) in [6.45, 7) is 5.79. The lowest BCUT2D eigenvalue weighted by atomic mass is 9.94. The second-order valence-electron chi connectivity index (χ2n) is 6.22. The van der Waals surface area contributed by atoms with Gasteiger partial charge >= 0.3 is 0 Å². The summed E-state index contributed by atoms with van der Waals surface area (Å²) in [6, 6.07) is 10.6. The lowest BCUT2D eigenvalue weighted by Gasteiger charge is -2.39. The number of fused-ring (bicyclic) bond motifs is 1. The summed E-state index contributed by atoms with van der Waals surface area (Å²) in [5.41, 5.74) is 2.83. The van der Waals surface area contributed by atoms with Gasteiger partial charge in [-0.1, -0.05) is 36.2 Å². The summed E-state index contributed by atoms with van der Waals surface area (Å²) in [5.74, 6) is 0. The van der Waals surface area contributed by atoms with Crippen molar-refractivity contribution in [1.29, 1.82) is 0 Å². The number of likely N-dealkylation sites (tertiary alicyclic amines) is 1. The van der Waals surface area contributed by atoms with Crippen molar-refractivity contribution in [3.63, 3.8) is 0 Å². The van der Waals surface area contributed by atoms with Crippen LogP contribution in [0.4, 0.5) is 0 Å². The van der Waals surface area contributed by atoms with Crippen LogP contribution in [0.15, 0.2) is 24.3 Å². The molecule has 2 fully saturated rings. The Morgan fingerprint density at radius 1 is 1.11 bits per heavy atom. The van der Waals surface area contributed by atoms with Gasteiger partial charge in [0.1, 0.15) is 0 Å². The standard InChI is InChI=1S/C17H26N2/c1-14-7-9-15(10-8-14)13-19-12-3-2-5-16-17(19)6-4-11-18-16/h7-10,16-18H,2-6,11-13H2,1H3. The summed E-state index contributed by atoms with van der Waals surface area (Å²) in [7, 11) is 0. The first-order chi connectivity index (χ1) is 9.33. The molecular formula is C17H26N2. The van der Waals surface area contributed by atoms with Crippen molar-refractivity contribution in [1.82, 2.24) is 10.2 Å². The highest BCUT2D eigenvalue weighted by Crippen LogP contribution is 2.25. The predicted molar refractivity (Wildman–Crippen MR) is 80.3 cm³/mol. The molecule has 19 heavy (non-hydrogen) atoms. The molecule has 2 heterocycles. The van der Waals surface area contributed by atoms with E-state index in [4.69, 9.17) is 0 Å². The average molecular weight is 258 g/mol. The molecule has 0 radical (unpaired) electrons. The Bertz CT molecular complexity index is 398. The highest BCUT2D eigenvalue weighted by molar-refractivity contribution is 5.21. The van der Waals surface area contributed by atoms with Gasteiger partial charge in [0, 0.05) is 18.6 Å². The van der Waals surface area contributed by atoms with E-state index in [0.717, 1.165) is 18.6 Å². The van der Waals surface area contributed by atoms with Crippen LogP contribution in [0.5, 0.6) is 0 Å². The van der Waals surface area contributed by atoms with Gasteiger partial charge in [0.15, 0.2) is 0 Å². The van der Waals surface area contributed by atoms with Gasteiger partial charge in [-0.3, -0.25) is 4.90 Å². The Balaban J connectivity index is 1.71. The van der Waals surface area contributed by atoms with Gasteiger partial charge in [-0.15, -0.1) is 0 Å². The van der Waals surface area contributed by atoms with E-state index in [1.54, 1.807) is 0 Å². The third kappa shape index (κ3) is 3.18. The SMILES string of the molecule is Cc1ccc(CN2CCCCC3NCCCC32)cc1. The molecule has 0 spiro atoms. The van der Waals surface area contributed by atoms with E-state index in [2.05, 4.69) is 41.4 Å². The van der Waals surface area contributed by atoms with Crippen LogP contribution in [0.2, 0.25) is 0 Å². The van der Waals surface area contributed by atoms with Crippen LogP contribution in [0.3, 0.4) is 0 Å². The third-order valence-electron chi connectivity index (χ3n) is 4.73. The van der Waals surface area contributed by atoms with E-state index in [1.807, 2.05) is 0 Å². The molecule has 1 aromatic carbocycles. The van der Waals surface area contributed by atoms with Gasteiger partial charge in [-0.25, -0.2) is 0 Å². The highest BCUT2D eigenvalue weighted by atomic mass is 15.2. The van der Waals surface area contributed by atoms with Gasteiger partial charge in [-0.2, -0.15) is 0 Å². The van der Waals surface area contributed by atoms with Gasteiger partial charge in [0.2, 0.25) is 0 Å². The van der Waals surface area contributed by atoms with Crippen LogP contribution in [-0.4, -0.2) is 30.1 Å². The van der Waals surface area contributed by atoms with Crippen LogP contribution in [0.1, 0.15) is 43.2 Å². The number of nitrogens with zero attached hydrogens (tertiary/aromatic N) is 1. The molecule has 2 atom stereocenters. The topological polar surface area (TPSA) is 15.3 Å². The first-order valence-corrected chi connectivity index (χ1v) is 7.86. The molecule has 2 aliphatic rings. The first-order valence-electron chi connectivity index (χ1n) is 7.86. The van der Waals surface area contributed by atoms with Gasteiger partial charge < -0.3 is 5.32 Å². The molecule has 2 aliphatic heterocycles. The van der Waals surface area contributed by atoms with Gasteiger partial charge in [-0.05, 0) is 51.3 Å². The largest absolute Gasteiger partial charge is 0.312 e. The van der Waals surface area contributed by atoms with E-state index in [1.165, 1.54) is 56.3 Å². The van der Waals surface area contributed by atoms with Crippen LogP contribution in [-0.2, 0) is 6.54 Å². The number of nitrogens with one attached hydrogen (secondary N) is 1. The lowest BCUT2D eigenvalue weighted by Crippen LogP contribution is -2.52. The highest BCUT2D eigenvalue weighted by Gasteiger charge is 2.31. The summed E-state index contributed by atoms with van der Waals surface area (Å²) in [5, 5.41) is 3.74. The van der Waals surface area contributed by atoms with Gasteiger partial charge in [0.25, 0.3) is 0 Å². The maximum atomic E-state index is 3.74. The number of benzene rings is 1. The maximum absolute atomic E-state index is 3.74. The van der Waals surface area contributed by atoms with Crippen LogP contribution in [0.25, 0.3) is 0 Å². The molecule has 0 bridgehead atoms. The Labute approximate surface area is 117 Å². The zero-order valence-electron chi connectivity index (χ0n) is 12.1. The van der Waals surface area contributed by atoms with Crippen molar-refractivity contribution in [3.8, 4) is 0 Å². The number of rotatable bonds is 2. The fourth-order valence-corrected chi connectivity index (χ4v) is 3.64. The smallest absolute Gasteiger partial charge is 0.0253 e. The Hall–Kier alpha value is -0.860. The van der Waals surface area contributed by atoms with E-state index in [-0.39, 0.29) is 0 Å². The van der Waals surface area contributed by atoms with Crippen molar-refractivity contribution in [3.05, 3.63) is 35.4 Å². The van der Waals surface area contributed by atoms with E-state index in [0.29, 0.717) is 0 Å². The minimum atomic E-state index is 0.738. The van der Waals surface area contributed by atoms with Crippen molar-refractivity contribution in [2.24, 2.45) is 0 Å². The van der Waals surface area contributed by atoms with E-state index in [9.17, 15) is 0 Å². The summed E-state index contributed by atoms with van der Waals surface area (Å²) in [6.07, 6.45) is 6.84. The fraction of sp³-hybridized carbons (Fsp3) is 0.647. The second kappa shape index (κ2) is 6.06. The Morgan fingerprint density at radius 2 is 1.95 bits per heavy atom. The molecule has 1 N–H and O–H groups in total. The zero-order valence-corrected chi connectivity index (χ0v) is 12.1. The molecule has 2 saturated heterocycles.